The molecule has 4 N–H and O–H groups in total. The normalized spacial score (nSPS) is 8.83. The smallest absolute Gasteiger partial charge is 0.212 e. The number of carbonyl (C=O) groups is 2. The molecule has 0 aliphatic heterocycles. The summed E-state index contributed by atoms with van der Waals surface area (Å²) in [6.45, 7) is -0.0162. The van der Waals surface area contributed by atoms with Crippen molar-refractivity contribution in [2.24, 2.45) is 0 Å². The first-order valence-electron chi connectivity index (χ1n) is 3.05. The summed E-state index contributed by atoms with van der Waals surface area (Å²) in [5, 5.41) is 31.3. The van der Waals surface area contributed by atoms with Crippen LogP contribution in [-0.2, 0) is 9.59 Å². The number of Topliss-reactive ketones (excluding diaryl/α,β-unsaturated/α-hetero) is 2. The van der Waals surface area contributed by atoms with Gasteiger partial charge in [-0.3, -0.25) is 9.59 Å². The van der Waals surface area contributed by atoms with E-state index in [9.17, 15) is 9.59 Å². The highest BCUT2D eigenvalue weighted by molar-refractivity contribution is 5.80. The number of hydrogen-bond acceptors (Lipinski definition) is 6. The van der Waals surface area contributed by atoms with Crippen LogP contribution in [0.5, 0.6) is 0 Å². The van der Waals surface area contributed by atoms with Gasteiger partial charge in [-0.15, -0.1) is 0 Å². The van der Waals surface area contributed by atoms with Gasteiger partial charge >= 0.3 is 0 Å². The van der Waals surface area contributed by atoms with E-state index in [1.165, 1.54) is 0 Å². The molecule has 0 aromatic carbocycles. The Morgan fingerprint density at radius 3 is 1.42 bits per heavy atom. The third kappa shape index (κ3) is 11.9. The van der Waals surface area contributed by atoms with Gasteiger partial charge in [0.25, 0.3) is 0 Å². The van der Waals surface area contributed by atoms with Crippen LogP contribution in [0.3, 0.4) is 0 Å². The molecule has 0 atom stereocenters. The molecule has 6 heteroatoms. The largest absolute Gasteiger partial charge is 0.388 e. The van der Waals surface area contributed by atoms with E-state index in [2.05, 4.69) is 0 Å². The Bertz CT molecular complexity index is 133. The molecule has 0 heterocycles. The summed E-state index contributed by atoms with van der Waals surface area (Å²) in [7, 11) is 0. The SMILES string of the molecule is CC(=O)C(O)O.O=C(CO)CO. The lowest BCUT2D eigenvalue weighted by atomic mass is 10.4. The second kappa shape index (κ2) is 8.28. The molecule has 6 nitrogen and oxygen atoms in total. The van der Waals surface area contributed by atoms with Crippen LogP contribution in [0, 0.1) is 0 Å². The molecule has 72 valence electrons. The van der Waals surface area contributed by atoms with Crippen LogP contribution in [0.15, 0.2) is 0 Å². The van der Waals surface area contributed by atoms with Crippen LogP contribution < -0.4 is 0 Å². The average molecular weight is 180 g/mol. The first kappa shape index (κ1) is 13.7. The Hall–Kier alpha value is -0.820. The topological polar surface area (TPSA) is 115 Å². The molecule has 0 aromatic rings. The van der Waals surface area contributed by atoms with Crippen LogP contribution in [0.25, 0.3) is 0 Å². The molecule has 0 aromatic heterocycles. The van der Waals surface area contributed by atoms with E-state index in [0.29, 0.717) is 0 Å². The van der Waals surface area contributed by atoms with Gasteiger partial charge in [0.15, 0.2) is 11.6 Å². The maximum atomic E-state index is 9.68. The molecule has 0 radical (unpaired) electrons. The standard InChI is InChI=1S/2C3H6O3/c4-1-3(6)2-5;1-2(4)3(5)6/h4-5H,1-2H2;3,5-6H,1H3. The van der Waals surface area contributed by atoms with Crippen LogP contribution in [0.1, 0.15) is 6.92 Å². The van der Waals surface area contributed by atoms with Gasteiger partial charge in [0.1, 0.15) is 13.2 Å². The van der Waals surface area contributed by atoms with E-state index < -0.39 is 31.1 Å². The van der Waals surface area contributed by atoms with Crippen molar-refractivity contribution < 1.29 is 30.0 Å². The van der Waals surface area contributed by atoms with E-state index in [1.807, 2.05) is 0 Å². The van der Waals surface area contributed by atoms with E-state index in [0.717, 1.165) is 6.92 Å². The van der Waals surface area contributed by atoms with Crippen molar-refractivity contribution in [3.05, 3.63) is 0 Å². The van der Waals surface area contributed by atoms with Crippen molar-refractivity contribution >= 4 is 11.6 Å². The Morgan fingerprint density at radius 1 is 1.17 bits per heavy atom. The summed E-state index contributed by atoms with van der Waals surface area (Å²) in [4.78, 5) is 19.3. The minimum Gasteiger partial charge on any atom is -0.388 e. The summed E-state index contributed by atoms with van der Waals surface area (Å²) in [5.74, 6) is -1.18. The maximum Gasteiger partial charge on any atom is 0.212 e. The lowest BCUT2D eigenvalue weighted by Crippen LogP contribution is -2.14. The van der Waals surface area contributed by atoms with Crippen molar-refractivity contribution in [1.29, 1.82) is 0 Å². The van der Waals surface area contributed by atoms with Crippen molar-refractivity contribution in [1.82, 2.24) is 0 Å². The maximum absolute atomic E-state index is 9.68. The number of ketones is 2. The summed E-state index contributed by atoms with van der Waals surface area (Å²) in [6.07, 6.45) is -1.79. The molecule has 0 rings (SSSR count). The monoisotopic (exact) mass is 180 g/mol. The van der Waals surface area contributed by atoms with Crippen molar-refractivity contribution in [2.75, 3.05) is 13.2 Å². The van der Waals surface area contributed by atoms with Gasteiger partial charge in [0, 0.05) is 0 Å². The second-order valence-electron chi connectivity index (χ2n) is 1.84. The molecule has 0 fully saturated rings. The zero-order valence-electron chi connectivity index (χ0n) is 6.60. The molecule has 0 aliphatic carbocycles. The molecular weight excluding hydrogens is 168 g/mol. The predicted octanol–water partition coefficient (Wildman–Crippen LogP) is -2.57. The zero-order valence-corrected chi connectivity index (χ0v) is 6.60. The minimum absolute atomic E-state index is 0.546. The molecule has 0 unspecified atom stereocenters. The molecule has 0 aliphatic rings. The van der Waals surface area contributed by atoms with Crippen LogP contribution in [-0.4, -0.2) is 51.5 Å². The molecule has 0 spiro atoms. The van der Waals surface area contributed by atoms with Gasteiger partial charge in [0.2, 0.25) is 6.29 Å². The number of rotatable bonds is 3. The quantitative estimate of drug-likeness (QED) is 0.355. The van der Waals surface area contributed by atoms with Gasteiger partial charge < -0.3 is 20.4 Å². The van der Waals surface area contributed by atoms with Crippen molar-refractivity contribution in [3.8, 4) is 0 Å². The molecule has 0 saturated carbocycles. The van der Waals surface area contributed by atoms with Gasteiger partial charge in [-0.25, -0.2) is 0 Å². The average Bonchev–Trinajstić information content (AvgIpc) is 2.04. The molecule has 0 bridgehead atoms. The molecule has 0 amide bonds. The molecular formula is C6H12O6. The predicted molar refractivity (Wildman–Crippen MR) is 38.1 cm³/mol. The highest BCUT2D eigenvalue weighted by Gasteiger charge is 1.99. The number of carbonyl (C=O) groups excluding carboxylic acids is 2. The fourth-order valence-corrected chi connectivity index (χ4v) is 0.0500. The first-order chi connectivity index (χ1) is 5.45. The van der Waals surface area contributed by atoms with E-state index >= 15 is 0 Å². The zero-order chi connectivity index (χ0) is 10.1. The number of hydrogen-bond donors (Lipinski definition) is 4. The van der Waals surface area contributed by atoms with Crippen LogP contribution in [0.2, 0.25) is 0 Å². The fraction of sp³-hybridized carbons (Fsp3) is 0.667. The number of aliphatic hydroxyl groups excluding tert-OH is 3. The second-order valence-corrected chi connectivity index (χ2v) is 1.84. The van der Waals surface area contributed by atoms with Gasteiger partial charge in [0.05, 0.1) is 0 Å². The summed E-state index contributed by atoms with van der Waals surface area (Å²) in [5.41, 5.74) is 0. The van der Waals surface area contributed by atoms with Gasteiger partial charge in [-0.1, -0.05) is 0 Å². The van der Waals surface area contributed by atoms with E-state index in [1.54, 1.807) is 0 Å². The van der Waals surface area contributed by atoms with Crippen molar-refractivity contribution in [3.63, 3.8) is 0 Å². The van der Waals surface area contributed by atoms with Crippen LogP contribution in [0.4, 0.5) is 0 Å². The summed E-state index contributed by atoms with van der Waals surface area (Å²) in [6, 6.07) is 0. The van der Waals surface area contributed by atoms with Gasteiger partial charge in [-0.05, 0) is 6.92 Å². The lowest BCUT2D eigenvalue weighted by molar-refractivity contribution is -0.142. The fourth-order valence-electron chi connectivity index (χ4n) is 0.0500. The Kier molecular flexibility index (Phi) is 9.48. The third-order valence-corrected chi connectivity index (χ3v) is 0.716. The first-order valence-corrected chi connectivity index (χ1v) is 3.05. The lowest BCUT2D eigenvalue weighted by Gasteiger charge is -1.90. The number of aliphatic hydroxyl groups is 4. The minimum atomic E-state index is -1.79. The third-order valence-electron chi connectivity index (χ3n) is 0.716. The highest BCUT2D eigenvalue weighted by atomic mass is 16.5. The Morgan fingerprint density at radius 2 is 1.42 bits per heavy atom. The molecule has 12 heavy (non-hydrogen) atoms. The van der Waals surface area contributed by atoms with Crippen molar-refractivity contribution in [2.45, 2.75) is 13.2 Å². The van der Waals surface area contributed by atoms with Crippen LogP contribution >= 0.6 is 0 Å². The summed E-state index contributed by atoms with van der Waals surface area (Å²) < 4.78 is 0. The molecule has 0 saturated heterocycles. The summed E-state index contributed by atoms with van der Waals surface area (Å²) >= 11 is 0. The Labute approximate surface area is 69.1 Å². The van der Waals surface area contributed by atoms with E-state index in [4.69, 9.17) is 20.4 Å². The van der Waals surface area contributed by atoms with E-state index in [-0.39, 0.29) is 0 Å². The van der Waals surface area contributed by atoms with Gasteiger partial charge in [-0.2, -0.15) is 0 Å². The highest BCUT2D eigenvalue weighted by Crippen LogP contribution is 1.72. The Balaban J connectivity index is 0.